The summed E-state index contributed by atoms with van der Waals surface area (Å²) in [6, 6.07) is 11.6. The standard InChI is InChI=1S/C27H31Cl2FN2O3/c28-20-7-4-8-21(15-20)35-19-27(17-26(34)31-12-2-1-3-13-31)11-6-14-32(18-27)25(33)16-22-23(29)9-5-10-24(22)30/h4-5,7-10,15H,1-3,6,11-14,16-19H2/t27-/m1/s1. The van der Waals surface area contributed by atoms with E-state index in [-0.39, 0.29) is 35.4 Å². The molecule has 4 rings (SSSR count). The summed E-state index contributed by atoms with van der Waals surface area (Å²) in [6.07, 6.45) is 4.88. The topological polar surface area (TPSA) is 49.9 Å². The minimum Gasteiger partial charge on any atom is -0.493 e. The van der Waals surface area contributed by atoms with E-state index < -0.39 is 11.2 Å². The number of carbonyl (C=O) groups excluding carboxylic acids is 2. The van der Waals surface area contributed by atoms with Crippen LogP contribution in [0.3, 0.4) is 0 Å². The van der Waals surface area contributed by atoms with Crippen LogP contribution in [0.25, 0.3) is 0 Å². The highest BCUT2D eigenvalue weighted by Crippen LogP contribution is 2.36. The second-order valence-corrected chi connectivity index (χ2v) is 10.5. The summed E-state index contributed by atoms with van der Waals surface area (Å²) < 4.78 is 20.4. The number of halogens is 3. The van der Waals surface area contributed by atoms with Crippen LogP contribution < -0.4 is 4.74 Å². The molecule has 2 heterocycles. The van der Waals surface area contributed by atoms with Crippen LogP contribution in [-0.2, 0) is 16.0 Å². The van der Waals surface area contributed by atoms with E-state index >= 15 is 0 Å². The average molecular weight is 521 g/mol. The van der Waals surface area contributed by atoms with Crippen LogP contribution in [0, 0.1) is 11.2 Å². The van der Waals surface area contributed by atoms with Crippen molar-refractivity contribution in [1.82, 2.24) is 9.80 Å². The van der Waals surface area contributed by atoms with E-state index in [0.29, 0.717) is 30.3 Å². The summed E-state index contributed by atoms with van der Waals surface area (Å²) in [4.78, 5) is 30.2. The molecular weight excluding hydrogens is 490 g/mol. The first-order chi connectivity index (χ1) is 16.8. The fourth-order valence-electron chi connectivity index (χ4n) is 5.07. The molecule has 35 heavy (non-hydrogen) atoms. The van der Waals surface area contributed by atoms with E-state index in [1.807, 2.05) is 17.0 Å². The molecule has 0 unspecified atom stereocenters. The number of carbonyl (C=O) groups is 2. The first kappa shape index (κ1) is 25.8. The molecular formula is C27H31Cl2FN2O3. The van der Waals surface area contributed by atoms with Crippen molar-refractivity contribution < 1.29 is 18.7 Å². The van der Waals surface area contributed by atoms with Crippen molar-refractivity contribution in [3.63, 3.8) is 0 Å². The van der Waals surface area contributed by atoms with Crippen molar-refractivity contribution in [1.29, 1.82) is 0 Å². The third-order valence-corrected chi connectivity index (χ3v) is 7.57. The maximum absolute atomic E-state index is 14.3. The predicted octanol–water partition coefficient (Wildman–Crippen LogP) is 5.77. The van der Waals surface area contributed by atoms with Crippen LogP contribution in [0.2, 0.25) is 10.0 Å². The zero-order valence-corrected chi connectivity index (χ0v) is 21.3. The van der Waals surface area contributed by atoms with Gasteiger partial charge in [0.1, 0.15) is 11.6 Å². The lowest BCUT2D eigenvalue weighted by Crippen LogP contribution is -2.51. The number of hydrogen-bond acceptors (Lipinski definition) is 3. The van der Waals surface area contributed by atoms with Crippen LogP contribution in [0.5, 0.6) is 5.75 Å². The lowest BCUT2D eigenvalue weighted by Gasteiger charge is -2.43. The Bertz CT molecular complexity index is 1040. The molecule has 2 aromatic carbocycles. The summed E-state index contributed by atoms with van der Waals surface area (Å²) in [5.74, 6) is 0.0441. The summed E-state index contributed by atoms with van der Waals surface area (Å²) >= 11 is 12.3. The molecule has 188 valence electrons. The number of piperidine rings is 2. The zero-order chi connectivity index (χ0) is 24.8. The molecule has 2 aromatic rings. The zero-order valence-electron chi connectivity index (χ0n) is 19.8. The molecule has 2 fully saturated rings. The van der Waals surface area contributed by atoms with E-state index in [1.165, 1.54) is 12.1 Å². The molecule has 2 amide bonds. The van der Waals surface area contributed by atoms with Crippen molar-refractivity contribution in [2.75, 3.05) is 32.8 Å². The van der Waals surface area contributed by atoms with Gasteiger partial charge in [-0.2, -0.15) is 0 Å². The normalized spacial score (nSPS) is 20.5. The number of ether oxygens (including phenoxy) is 1. The summed E-state index contributed by atoms with van der Waals surface area (Å²) in [5, 5.41) is 0.814. The van der Waals surface area contributed by atoms with Gasteiger partial charge in [0.15, 0.2) is 0 Å². The fourth-order valence-corrected chi connectivity index (χ4v) is 5.48. The molecule has 5 nitrogen and oxygen atoms in total. The number of rotatable bonds is 7. The van der Waals surface area contributed by atoms with Gasteiger partial charge in [-0.05, 0) is 62.4 Å². The van der Waals surface area contributed by atoms with Crippen LogP contribution in [-0.4, -0.2) is 54.4 Å². The maximum atomic E-state index is 14.3. The second kappa shape index (κ2) is 11.6. The smallest absolute Gasteiger partial charge is 0.227 e. The average Bonchev–Trinajstić information content (AvgIpc) is 2.86. The van der Waals surface area contributed by atoms with Crippen molar-refractivity contribution in [3.05, 3.63) is 63.9 Å². The minimum absolute atomic E-state index is 0.103. The molecule has 0 aromatic heterocycles. The Labute approximate surface area is 216 Å². The minimum atomic E-state index is -0.538. The van der Waals surface area contributed by atoms with Gasteiger partial charge in [0, 0.05) is 53.6 Å². The Balaban J connectivity index is 1.51. The third-order valence-electron chi connectivity index (χ3n) is 6.98. The molecule has 0 aliphatic carbocycles. The molecule has 2 aliphatic heterocycles. The highest BCUT2D eigenvalue weighted by Gasteiger charge is 2.41. The van der Waals surface area contributed by atoms with Gasteiger partial charge >= 0.3 is 0 Å². The molecule has 8 heteroatoms. The van der Waals surface area contributed by atoms with E-state index in [9.17, 15) is 14.0 Å². The van der Waals surface area contributed by atoms with E-state index in [4.69, 9.17) is 27.9 Å². The monoisotopic (exact) mass is 520 g/mol. The molecule has 2 saturated heterocycles. The lowest BCUT2D eigenvalue weighted by molar-refractivity contribution is -0.141. The number of nitrogens with zero attached hydrogens (tertiary/aromatic N) is 2. The highest BCUT2D eigenvalue weighted by atomic mass is 35.5. The van der Waals surface area contributed by atoms with Gasteiger partial charge in [0.2, 0.25) is 11.8 Å². The Morgan fingerprint density at radius 3 is 2.43 bits per heavy atom. The van der Waals surface area contributed by atoms with Crippen LogP contribution in [0.4, 0.5) is 4.39 Å². The van der Waals surface area contributed by atoms with E-state index in [1.54, 1.807) is 23.1 Å². The highest BCUT2D eigenvalue weighted by molar-refractivity contribution is 6.31. The van der Waals surface area contributed by atoms with Gasteiger partial charge in [-0.1, -0.05) is 35.3 Å². The van der Waals surface area contributed by atoms with Gasteiger partial charge in [-0.15, -0.1) is 0 Å². The first-order valence-electron chi connectivity index (χ1n) is 12.2. The van der Waals surface area contributed by atoms with E-state index in [0.717, 1.165) is 45.2 Å². The third kappa shape index (κ3) is 6.68. The van der Waals surface area contributed by atoms with Gasteiger partial charge in [-0.25, -0.2) is 4.39 Å². The van der Waals surface area contributed by atoms with E-state index in [2.05, 4.69) is 0 Å². The SMILES string of the molecule is O=C(C[C@]1(COc2cccc(Cl)c2)CCCN(C(=O)Cc2c(F)cccc2Cl)C1)N1CCCCC1. The van der Waals surface area contributed by atoms with Gasteiger partial charge in [0.05, 0.1) is 13.0 Å². The van der Waals surface area contributed by atoms with Gasteiger partial charge in [0.25, 0.3) is 0 Å². The Morgan fingerprint density at radius 2 is 1.69 bits per heavy atom. The molecule has 0 spiro atoms. The van der Waals surface area contributed by atoms with Crippen molar-refractivity contribution >= 4 is 35.0 Å². The van der Waals surface area contributed by atoms with Gasteiger partial charge < -0.3 is 14.5 Å². The largest absolute Gasteiger partial charge is 0.493 e. The Kier molecular flexibility index (Phi) is 8.55. The molecule has 2 aliphatic rings. The molecule has 0 bridgehead atoms. The molecule has 1 atom stereocenters. The molecule has 0 N–H and O–H groups in total. The second-order valence-electron chi connectivity index (χ2n) is 9.66. The fraction of sp³-hybridized carbons (Fsp3) is 0.481. The summed E-state index contributed by atoms with van der Waals surface area (Å²) in [7, 11) is 0. The van der Waals surface area contributed by atoms with Crippen molar-refractivity contribution in [3.8, 4) is 5.75 Å². The van der Waals surface area contributed by atoms with Crippen molar-refractivity contribution in [2.24, 2.45) is 5.41 Å². The number of benzene rings is 2. The molecule has 0 radical (unpaired) electrons. The van der Waals surface area contributed by atoms with Crippen LogP contribution in [0.1, 0.15) is 44.1 Å². The van der Waals surface area contributed by atoms with Crippen LogP contribution >= 0.6 is 23.2 Å². The maximum Gasteiger partial charge on any atom is 0.227 e. The number of amides is 2. The number of hydrogen-bond donors (Lipinski definition) is 0. The first-order valence-corrected chi connectivity index (χ1v) is 13.0. The Hall–Kier alpha value is -2.31. The lowest BCUT2D eigenvalue weighted by atomic mass is 9.77. The van der Waals surface area contributed by atoms with Crippen molar-refractivity contribution in [2.45, 2.75) is 44.9 Å². The summed E-state index contributed by atoms with van der Waals surface area (Å²) in [6.45, 7) is 2.77. The summed E-state index contributed by atoms with van der Waals surface area (Å²) in [5.41, 5.74) is -0.334. The Morgan fingerprint density at radius 1 is 0.943 bits per heavy atom. The van der Waals surface area contributed by atoms with Gasteiger partial charge in [-0.3, -0.25) is 9.59 Å². The quantitative estimate of drug-likeness (QED) is 0.465. The molecule has 0 saturated carbocycles. The predicted molar refractivity (Wildman–Crippen MR) is 135 cm³/mol. The number of likely N-dealkylation sites (tertiary alicyclic amines) is 2. The van der Waals surface area contributed by atoms with Crippen LogP contribution in [0.15, 0.2) is 42.5 Å².